The number of carbonyl (C=O) groups is 1. The van der Waals surface area contributed by atoms with Gasteiger partial charge in [-0.3, -0.25) is 4.79 Å². The second-order valence-electron chi connectivity index (χ2n) is 4.23. The molecule has 112 valence electrons. The summed E-state index contributed by atoms with van der Waals surface area (Å²) in [5.41, 5.74) is -0.132. The monoisotopic (exact) mass is 302 g/mol. The highest BCUT2D eigenvalue weighted by atomic mass is 19.4. The van der Waals surface area contributed by atoms with Gasteiger partial charge in [0.15, 0.2) is 0 Å². The Bertz CT molecular complexity index is 594. The van der Waals surface area contributed by atoms with Crippen LogP contribution >= 0.6 is 0 Å². The number of pyridine rings is 1. The number of hydrogen-bond acceptors (Lipinski definition) is 3. The molecule has 0 aliphatic carbocycles. The number of halogens is 4. The number of furan rings is 1. The smallest absolute Gasteiger partial charge is 0.406 e. The summed E-state index contributed by atoms with van der Waals surface area (Å²) in [6.07, 6.45) is -2.37. The molecular weight excluding hydrogens is 292 g/mol. The van der Waals surface area contributed by atoms with Crippen LogP contribution < -0.4 is 0 Å². The first-order chi connectivity index (χ1) is 9.85. The second kappa shape index (κ2) is 5.94. The Kier molecular flexibility index (Phi) is 4.25. The third kappa shape index (κ3) is 4.30. The predicted molar refractivity (Wildman–Crippen MR) is 63.7 cm³/mol. The molecule has 1 amide bonds. The molecule has 4 nitrogen and oxygen atoms in total. The van der Waals surface area contributed by atoms with Gasteiger partial charge in [-0.15, -0.1) is 0 Å². The molecule has 0 aromatic carbocycles. The lowest BCUT2D eigenvalue weighted by molar-refractivity contribution is -0.142. The van der Waals surface area contributed by atoms with Crippen molar-refractivity contribution < 1.29 is 26.8 Å². The van der Waals surface area contributed by atoms with Gasteiger partial charge in [0.05, 0.1) is 18.4 Å². The standard InChI is InChI=1S/C13H10F4N2O2/c14-11-4-3-9(6-18-11)12(20)19(8-13(15,16)17)7-10-2-1-5-21-10/h1-6H,7-8H2. The molecule has 21 heavy (non-hydrogen) atoms. The van der Waals surface area contributed by atoms with E-state index in [2.05, 4.69) is 4.98 Å². The summed E-state index contributed by atoms with van der Waals surface area (Å²) in [6.45, 7) is -1.79. The van der Waals surface area contributed by atoms with E-state index in [-0.39, 0.29) is 17.9 Å². The van der Waals surface area contributed by atoms with Crippen LogP contribution in [0, 0.1) is 5.95 Å². The van der Waals surface area contributed by atoms with Crippen LogP contribution in [0.2, 0.25) is 0 Å². The number of hydrogen-bond donors (Lipinski definition) is 0. The highest BCUT2D eigenvalue weighted by Crippen LogP contribution is 2.20. The molecule has 0 unspecified atom stereocenters. The first-order valence-electron chi connectivity index (χ1n) is 5.85. The molecule has 0 saturated carbocycles. The fraction of sp³-hybridized carbons (Fsp3) is 0.231. The van der Waals surface area contributed by atoms with Crippen LogP contribution in [-0.4, -0.2) is 28.5 Å². The summed E-state index contributed by atoms with van der Waals surface area (Å²) in [6, 6.07) is 4.95. The minimum atomic E-state index is -4.56. The third-order valence-electron chi connectivity index (χ3n) is 2.56. The lowest BCUT2D eigenvalue weighted by atomic mass is 10.2. The van der Waals surface area contributed by atoms with Gasteiger partial charge in [0.2, 0.25) is 5.95 Å². The van der Waals surface area contributed by atoms with E-state index < -0.39 is 24.6 Å². The summed E-state index contributed by atoms with van der Waals surface area (Å²) in [4.78, 5) is 15.9. The molecule has 0 aliphatic rings. The first kappa shape index (κ1) is 15.0. The van der Waals surface area contributed by atoms with E-state index in [4.69, 9.17) is 4.42 Å². The highest BCUT2D eigenvalue weighted by Gasteiger charge is 2.33. The summed E-state index contributed by atoms with van der Waals surface area (Å²) in [5, 5.41) is 0. The number of amides is 1. The number of nitrogens with zero attached hydrogens (tertiary/aromatic N) is 2. The molecule has 0 bridgehead atoms. The van der Waals surface area contributed by atoms with E-state index in [1.54, 1.807) is 0 Å². The average Bonchev–Trinajstić information content (AvgIpc) is 2.89. The molecule has 0 aliphatic heterocycles. The molecule has 8 heteroatoms. The number of aromatic nitrogens is 1. The van der Waals surface area contributed by atoms with Gasteiger partial charge in [-0.05, 0) is 24.3 Å². The summed E-state index contributed by atoms with van der Waals surface area (Å²) in [7, 11) is 0. The van der Waals surface area contributed by atoms with Crippen molar-refractivity contribution in [3.05, 3.63) is 54.0 Å². The van der Waals surface area contributed by atoms with E-state index in [0.717, 1.165) is 18.3 Å². The van der Waals surface area contributed by atoms with Crippen LogP contribution in [0.1, 0.15) is 16.1 Å². The number of alkyl halides is 3. The van der Waals surface area contributed by atoms with Crippen LogP contribution in [0.25, 0.3) is 0 Å². The molecule has 2 aromatic heterocycles. The van der Waals surface area contributed by atoms with Crippen LogP contribution in [-0.2, 0) is 6.54 Å². The SMILES string of the molecule is O=C(c1ccc(F)nc1)N(Cc1ccco1)CC(F)(F)F. The first-order valence-corrected chi connectivity index (χ1v) is 5.85. The average molecular weight is 302 g/mol. The van der Waals surface area contributed by atoms with Crippen molar-refractivity contribution in [3.63, 3.8) is 0 Å². The van der Waals surface area contributed by atoms with E-state index in [0.29, 0.717) is 4.90 Å². The Morgan fingerprint density at radius 2 is 2.05 bits per heavy atom. The van der Waals surface area contributed by atoms with Crippen molar-refractivity contribution in [1.29, 1.82) is 0 Å². The van der Waals surface area contributed by atoms with Crippen LogP contribution in [0.4, 0.5) is 17.6 Å². The fourth-order valence-electron chi connectivity index (χ4n) is 1.69. The van der Waals surface area contributed by atoms with Crippen LogP contribution in [0.15, 0.2) is 41.1 Å². The maximum absolute atomic E-state index is 12.7. The van der Waals surface area contributed by atoms with E-state index >= 15 is 0 Å². The van der Waals surface area contributed by atoms with Crippen molar-refractivity contribution in [1.82, 2.24) is 9.88 Å². The molecule has 0 radical (unpaired) electrons. The van der Waals surface area contributed by atoms with Crippen LogP contribution in [0.3, 0.4) is 0 Å². The van der Waals surface area contributed by atoms with E-state index in [1.165, 1.54) is 18.4 Å². The second-order valence-corrected chi connectivity index (χ2v) is 4.23. The number of carbonyl (C=O) groups excluding carboxylic acids is 1. The highest BCUT2D eigenvalue weighted by molar-refractivity contribution is 5.93. The molecule has 0 N–H and O–H groups in total. The van der Waals surface area contributed by atoms with Gasteiger partial charge in [-0.2, -0.15) is 17.6 Å². The van der Waals surface area contributed by atoms with E-state index in [1.807, 2.05) is 0 Å². The maximum Gasteiger partial charge on any atom is 0.406 e. The fourth-order valence-corrected chi connectivity index (χ4v) is 1.69. The van der Waals surface area contributed by atoms with Gasteiger partial charge in [-0.1, -0.05) is 0 Å². The van der Waals surface area contributed by atoms with Gasteiger partial charge >= 0.3 is 6.18 Å². The molecule has 0 spiro atoms. The molecule has 2 aromatic rings. The van der Waals surface area contributed by atoms with Crippen molar-refractivity contribution >= 4 is 5.91 Å². The topological polar surface area (TPSA) is 46.3 Å². The van der Waals surface area contributed by atoms with Crippen molar-refractivity contribution in [3.8, 4) is 0 Å². The molecular formula is C13H10F4N2O2. The van der Waals surface area contributed by atoms with E-state index in [9.17, 15) is 22.4 Å². The van der Waals surface area contributed by atoms with Gasteiger partial charge < -0.3 is 9.32 Å². The molecule has 0 saturated heterocycles. The molecule has 2 rings (SSSR count). The zero-order valence-electron chi connectivity index (χ0n) is 10.6. The Morgan fingerprint density at radius 3 is 2.57 bits per heavy atom. The number of rotatable bonds is 4. The Balaban J connectivity index is 2.21. The Hall–Kier alpha value is -2.38. The van der Waals surface area contributed by atoms with Crippen molar-refractivity contribution in [2.45, 2.75) is 12.7 Å². The Morgan fingerprint density at radius 1 is 1.29 bits per heavy atom. The van der Waals surface area contributed by atoms with Crippen molar-refractivity contribution in [2.75, 3.05) is 6.54 Å². The lowest BCUT2D eigenvalue weighted by Crippen LogP contribution is -2.38. The zero-order chi connectivity index (χ0) is 15.5. The lowest BCUT2D eigenvalue weighted by Gasteiger charge is -2.23. The third-order valence-corrected chi connectivity index (χ3v) is 2.56. The minimum Gasteiger partial charge on any atom is -0.467 e. The predicted octanol–water partition coefficient (Wildman–Crippen LogP) is 3.02. The van der Waals surface area contributed by atoms with Gasteiger partial charge in [0, 0.05) is 6.20 Å². The molecule has 2 heterocycles. The van der Waals surface area contributed by atoms with Crippen molar-refractivity contribution in [2.24, 2.45) is 0 Å². The quantitative estimate of drug-likeness (QED) is 0.644. The minimum absolute atomic E-state index is 0.132. The molecule has 0 fully saturated rings. The largest absolute Gasteiger partial charge is 0.467 e. The summed E-state index contributed by atoms with van der Waals surface area (Å²) < 4.78 is 55.4. The zero-order valence-corrected chi connectivity index (χ0v) is 10.6. The van der Waals surface area contributed by atoms with Crippen LogP contribution in [0.5, 0.6) is 0 Å². The van der Waals surface area contributed by atoms with Gasteiger partial charge in [0.25, 0.3) is 5.91 Å². The Labute approximate surface area is 117 Å². The normalized spacial score (nSPS) is 11.4. The molecule has 0 atom stereocenters. The van der Waals surface area contributed by atoms with Gasteiger partial charge in [-0.25, -0.2) is 4.98 Å². The summed E-state index contributed by atoms with van der Waals surface area (Å²) >= 11 is 0. The van der Waals surface area contributed by atoms with Gasteiger partial charge in [0.1, 0.15) is 12.3 Å². The maximum atomic E-state index is 12.7. The summed E-state index contributed by atoms with van der Waals surface area (Å²) in [5.74, 6) is -1.51.